The fourth-order valence-corrected chi connectivity index (χ4v) is 3.81. The molecule has 30 heavy (non-hydrogen) atoms. The van der Waals surface area contributed by atoms with E-state index in [-0.39, 0.29) is 36.9 Å². The molecule has 0 saturated carbocycles. The number of anilines is 1. The lowest BCUT2D eigenvalue weighted by Crippen LogP contribution is -2.47. The van der Waals surface area contributed by atoms with Crippen LogP contribution >= 0.6 is 0 Å². The first kappa shape index (κ1) is 23.4. The van der Waals surface area contributed by atoms with Crippen molar-refractivity contribution in [3.05, 3.63) is 29.8 Å². The number of piperidine rings is 1. The van der Waals surface area contributed by atoms with E-state index in [4.69, 9.17) is 5.21 Å². The fourth-order valence-electron chi connectivity index (χ4n) is 2.91. The number of para-hydroxylation sites is 1. The minimum absolute atomic E-state index is 0.0430. The highest BCUT2D eigenvalue weighted by atomic mass is 32.2. The molecule has 166 valence electrons. The third-order valence-electron chi connectivity index (χ3n) is 4.45. The van der Waals surface area contributed by atoms with Crippen LogP contribution in [0.3, 0.4) is 0 Å². The third kappa shape index (κ3) is 4.50. The predicted molar refractivity (Wildman–Crippen MR) is 99.3 cm³/mol. The highest BCUT2D eigenvalue weighted by molar-refractivity contribution is 7.94. The normalized spacial score (nSPS) is 19.1. The van der Waals surface area contributed by atoms with Gasteiger partial charge in [0.1, 0.15) is 5.71 Å². The van der Waals surface area contributed by atoms with Crippen molar-refractivity contribution in [2.75, 3.05) is 17.5 Å². The number of carbonyl (C=O) groups excluding carboxylic acids is 2. The van der Waals surface area contributed by atoms with Gasteiger partial charge in [-0.2, -0.15) is 25.9 Å². The van der Waals surface area contributed by atoms with E-state index in [1.54, 1.807) is 6.92 Å². The molecule has 0 spiro atoms. The molecule has 13 heteroatoms. The first-order valence-corrected chi connectivity index (χ1v) is 10.3. The number of likely N-dealkylation sites (tertiary alicyclic amines) is 1. The van der Waals surface area contributed by atoms with Gasteiger partial charge in [0.05, 0.1) is 12.3 Å². The van der Waals surface area contributed by atoms with Crippen LogP contribution < -0.4 is 4.31 Å². The van der Waals surface area contributed by atoms with Crippen molar-refractivity contribution in [2.24, 2.45) is 11.1 Å². The Hall–Kier alpha value is -2.83. The molecule has 1 aromatic carbocycles. The van der Waals surface area contributed by atoms with Gasteiger partial charge in [-0.1, -0.05) is 30.3 Å². The predicted octanol–water partition coefficient (Wildman–Crippen LogP) is 2.70. The quantitative estimate of drug-likeness (QED) is 0.544. The molecule has 1 saturated heterocycles. The number of halogens is 3. The maximum atomic E-state index is 13.2. The van der Waals surface area contributed by atoms with Crippen LogP contribution in [0.5, 0.6) is 0 Å². The largest absolute Gasteiger partial charge is 0.517 e. The lowest BCUT2D eigenvalue weighted by atomic mass is 9.95. The Bertz CT molecular complexity index is 948. The van der Waals surface area contributed by atoms with Crippen LogP contribution in [0.2, 0.25) is 0 Å². The second-order valence-electron chi connectivity index (χ2n) is 6.44. The molecule has 1 atom stereocenters. The molecule has 0 bridgehead atoms. The zero-order valence-corrected chi connectivity index (χ0v) is 16.9. The van der Waals surface area contributed by atoms with Gasteiger partial charge in [-0.25, -0.2) is 4.79 Å². The maximum absolute atomic E-state index is 13.2. The molecular formula is C17H20F3N3O6S. The number of sulfonamides is 1. The molecule has 0 radical (unpaired) electrons. The average Bonchev–Trinajstić information content (AvgIpc) is 2.65. The smallest absolute Gasteiger partial charge is 0.449 e. The molecule has 1 aliphatic heterocycles. The Kier molecular flexibility index (Phi) is 6.95. The van der Waals surface area contributed by atoms with Crippen molar-refractivity contribution in [2.45, 2.75) is 32.3 Å². The summed E-state index contributed by atoms with van der Waals surface area (Å²) in [5.74, 6) is -0.969. The number of carbonyl (C=O) groups is 2. The first-order chi connectivity index (χ1) is 14.0. The van der Waals surface area contributed by atoms with Gasteiger partial charge in [0.25, 0.3) is 5.91 Å². The zero-order chi connectivity index (χ0) is 22.7. The minimum Gasteiger partial charge on any atom is -0.449 e. The monoisotopic (exact) mass is 451 g/mol. The number of oxime groups is 1. The van der Waals surface area contributed by atoms with Crippen molar-refractivity contribution in [1.29, 1.82) is 0 Å². The van der Waals surface area contributed by atoms with Gasteiger partial charge in [-0.05, 0) is 25.0 Å². The standard InChI is InChI=1S/C17H20F3N3O6S/c1-3-29-16(25)23(30(27,28)17(18,19)20)13-7-5-4-6-12(13)10-22-9-8-11(2)14(21-26)15(22)24/h4-7,11,26H,3,8-10H2,1-2H3/b21-14+. The summed E-state index contributed by atoms with van der Waals surface area (Å²) >= 11 is 0. The lowest BCUT2D eigenvalue weighted by molar-refractivity contribution is -0.126. The van der Waals surface area contributed by atoms with Crippen LogP contribution in [-0.2, 0) is 26.1 Å². The molecule has 1 aliphatic rings. The highest BCUT2D eigenvalue weighted by Crippen LogP contribution is 2.34. The topological polar surface area (TPSA) is 117 Å². The molecule has 1 unspecified atom stereocenters. The van der Waals surface area contributed by atoms with E-state index in [9.17, 15) is 31.2 Å². The highest BCUT2D eigenvalue weighted by Gasteiger charge is 2.53. The lowest BCUT2D eigenvalue weighted by Gasteiger charge is -2.32. The number of amides is 2. The molecule has 1 N–H and O–H groups in total. The summed E-state index contributed by atoms with van der Waals surface area (Å²) < 4.78 is 67.9. The molecule has 1 fully saturated rings. The van der Waals surface area contributed by atoms with Gasteiger partial charge < -0.3 is 14.8 Å². The van der Waals surface area contributed by atoms with Gasteiger partial charge in [-0.15, -0.1) is 0 Å². The summed E-state index contributed by atoms with van der Waals surface area (Å²) in [6.07, 6.45) is -1.30. The zero-order valence-electron chi connectivity index (χ0n) is 16.1. The van der Waals surface area contributed by atoms with Gasteiger partial charge in [-0.3, -0.25) is 4.79 Å². The van der Waals surface area contributed by atoms with Crippen molar-refractivity contribution in [3.63, 3.8) is 0 Å². The second-order valence-corrected chi connectivity index (χ2v) is 8.22. The summed E-state index contributed by atoms with van der Waals surface area (Å²) in [5.41, 5.74) is -6.52. The van der Waals surface area contributed by atoms with Crippen molar-refractivity contribution in [3.8, 4) is 0 Å². The van der Waals surface area contributed by atoms with E-state index in [1.807, 2.05) is 0 Å². The van der Waals surface area contributed by atoms with Crippen LogP contribution in [0.25, 0.3) is 0 Å². The van der Waals surface area contributed by atoms with Crippen molar-refractivity contribution >= 4 is 33.4 Å². The number of hydrogen-bond acceptors (Lipinski definition) is 7. The van der Waals surface area contributed by atoms with E-state index in [0.717, 1.165) is 6.07 Å². The summed E-state index contributed by atoms with van der Waals surface area (Å²) in [7, 11) is -6.12. The van der Waals surface area contributed by atoms with Crippen LogP contribution in [0.4, 0.5) is 23.7 Å². The fraction of sp³-hybridized carbons (Fsp3) is 0.471. The summed E-state index contributed by atoms with van der Waals surface area (Å²) in [6, 6.07) is 4.96. The minimum atomic E-state index is -6.12. The molecular weight excluding hydrogens is 431 g/mol. The van der Waals surface area contributed by atoms with E-state index in [2.05, 4.69) is 9.89 Å². The van der Waals surface area contributed by atoms with Crippen LogP contribution in [0.15, 0.2) is 29.4 Å². The average molecular weight is 451 g/mol. The van der Waals surface area contributed by atoms with Crippen LogP contribution in [-0.4, -0.2) is 54.9 Å². The van der Waals surface area contributed by atoms with E-state index < -0.39 is 37.5 Å². The van der Waals surface area contributed by atoms with Gasteiger partial charge in [0.2, 0.25) is 0 Å². The third-order valence-corrected chi connectivity index (χ3v) is 5.86. The summed E-state index contributed by atoms with van der Waals surface area (Å²) in [5, 5.41) is 12.0. The van der Waals surface area contributed by atoms with Gasteiger partial charge in [0.15, 0.2) is 0 Å². The van der Waals surface area contributed by atoms with E-state index in [0.29, 0.717) is 6.42 Å². The summed E-state index contributed by atoms with van der Waals surface area (Å²) in [6.45, 7) is 2.51. The molecule has 0 aliphatic carbocycles. The Morgan fingerprint density at radius 2 is 2.00 bits per heavy atom. The Labute approximate surface area is 170 Å². The van der Waals surface area contributed by atoms with Gasteiger partial charge >= 0.3 is 21.6 Å². The number of benzene rings is 1. The van der Waals surface area contributed by atoms with Crippen molar-refractivity contribution < 1.29 is 41.1 Å². The first-order valence-electron chi connectivity index (χ1n) is 8.83. The van der Waals surface area contributed by atoms with Crippen molar-refractivity contribution in [1.82, 2.24) is 4.90 Å². The SMILES string of the molecule is CCOC(=O)N(c1ccccc1CN1CCC(C)/C(=N\O)C1=O)S(=O)(=O)C(F)(F)F. The molecule has 1 heterocycles. The molecule has 2 amide bonds. The Morgan fingerprint density at radius 1 is 1.37 bits per heavy atom. The number of rotatable bonds is 5. The Balaban J connectivity index is 2.51. The second kappa shape index (κ2) is 8.90. The maximum Gasteiger partial charge on any atom is 0.517 e. The van der Waals surface area contributed by atoms with E-state index in [1.165, 1.54) is 30.0 Å². The van der Waals surface area contributed by atoms with Crippen LogP contribution in [0.1, 0.15) is 25.8 Å². The van der Waals surface area contributed by atoms with Crippen LogP contribution in [0, 0.1) is 5.92 Å². The molecule has 9 nitrogen and oxygen atoms in total. The summed E-state index contributed by atoms with van der Waals surface area (Å²) in [4.78, 5) is 25.8. The number of hydrogen-bond donors (Lipinski definition) is 1. The number of ether oxygens (including phenoxy) is 1. The molecule has 2 rings (SSSR count). The van der Waals surface area contributed by atoms with Gasteiger partial charge in [0, 0.05) is 19.0 Å². The Morgan fingerprint density at radius 3 is 2.57 bits per heavy atom. The number of alkyl halides is 3. The molecule has 0 aromatic heterocycles. The number of nitrogens with zero attached hydrogens (tertiary/aromatic N) is 3. The van der Waals surface area contributed by atoms with E-state index >= 15 is 0 Å². The molecule has 1 aromatic rings.